The quantitative estimate of drug-likeness (QED) is 0.603. The van der Waals surface area contributed by atoms with Gasteiger partial charge >= 0.3 is 0 Å². The Kier molecular flexibility index (Phi) is 8.63. The van der Waals surface area contributed by atoms with E-state index >= 15 is 0 Å². The first-order chi connectivity index (χ1) is 10.7. The van der Waals surface area contributed by atoms with Crippen LogP contribution < -0.4 is 15.4 Å². The number of carbonyl (C=O) groups excluding carboxylic acids is 2. The zero-order valence-electron chi connectivity index (χ0n) is 12.9. The molecule has 0 saturated carbocycles. The van der Waals surface area contributed by atoms with Gasteiger partial charge in [-0.3, -0.25) is 9.59 Å². The molecule has 0 spiro atoms. The van der Waals surface area contributed by atoms with E-state index in [1.54, 1.807) is 31.4 Å². The van der Waals surface area contributed by atoms with Crippen LogP contribution >= 0.6 is 0 Å². The van der Waals surface area contributed by atoms with Gasteiger partial charge in [-0.25, -0.2) is 0 Å². The minimum Gasteiger partial charge on any atom is -0.496 e. The van der Waals surface area contributed by atoms with Gasteiger partial charge in [0.25, 0.3) is 5.91 Å². The van der Waals surface area contributed by atoms with Crippen molar-refractivity contribution in [1.29, 1.82) is 0 Å². The highest BCUT2D eigenvalue weighted by molar-refractivity contribution is 5.96. The van der Waals surface area contributed by atoms with Gasteiger partial charge in [-0.2, -0.15) is 0 Å². The van der Waals surface area contributed by atoms with Crippen molar-refractivity contribution in [3.63, 3.8) is 0 Å². The standard InChI is InChI=1S/C15H22N2O5/c1-20-9-10-22-11-14(18)16-7-8-17-15(19)12-5-3-4-6-13(12)21-2/h3-6H,7-11H2,1-2H3,(H,16,18)(H,17,19). The highest BCUT2D eigenvalue weighted by atomic mass is 16.5. The number of para-hydroxylation sites is 1. The average molecular weight is 310 g/mol. The van der Waals surface area contributed by atoms with Crippen LogP contribution in [-0.4, -0.2) is 58.9 Å². The van der Waals surface area contributed by atoms with Gasteiger partial charge in [-0.1, -0.05) is 12.1 Å². The lowest BCUT2D eigenvalue weighted by atomic mass is 10.2. The molecule has 1 aromatic rings. The van der Waals surface area contributed by atoms with Gasteiger partial charge in [-0.15, -0.1) is 0 Å². The zero-order valence-corrected chi connectivity index (χ0v) is 12.9. The summed E-state index contributed by atoms with van der Waals surface area (Å²) in [6.45, 7) is 1.44. The van der Waals surface area contributed by atoms with E-state index in [0.717, 1.165) is 0 Å². The third kappa shape index (κ3) is 6.55. The van der Waals surface area contributed by atoms with Gasteiger partial charge in [0.05, 0.1) is 25.9 Å². The summed E-state index contributed by atoms with van der Waals surface area (Å²) < 4.78 is 15.0. The number of nitrogens with one attached hydrogen (secondary N) is 2. The summed E-state index contributed by atoms with van der Waals surface area (Å²) in [6, 6.07) is 6.94. The number of amides is 2. The molecule has 0 fully saturated rings. The average Bonchev–Trinajstić information content (AvgIpc) is 2.55. The molecule has 0 saturated heterocycles. The van der Waals surface area contributed by atoms with E-state index in [0.29, 0.717) is 37.6 Å². The largest absolute Gasteiger partial charge is 0.496 e. The van der Waals surface area contributed by atoms with Crippen molar-refractivity contribution in [2.24, 2.45) is 0 Å². The van der Waals surface area contributed by atoms with Crippen LogP contribution in [0.4, 0.5) is 0 Å². The van der Waals surface area contributed by atoms with Crippen LogP contribution in [0.2, 0.25) is 0 Å². The molecular formula is C15H22N2O5. The second kappa shape index (κ2) is 10.6. The smallest absolute Gasteiger partial charge is 0.255 e. The van der Waals surface area contributed by atoms with E-state index in [-0.39, 0.29) is 18.4 Å². The summed E-state index contributed by atoms with van der Waals surface area (Å²) in [5.41, 5.74) is 0.458. The molecule has 0 bridgehead atoms. The third-order valence-electron chi connectivity index (χ3n) is 2.75. The molecule has 0 heterocycles. The van der Waals surface area contributed by atoms with Crippen LogP contribution in [0.1, 0.15) is 10.4 Å². The van der Waals surface area contributed by atoms with Gasteiger partial charge in [0.1, 0.15) is 12.4 Å². The fourth-order valence-electron chi connectivity index (χ4n) is 1.66. The van der Waals surface area contributed by atoms with Crippen molar-refractivity contribution < 1.29 is 23.8 Å². The SMILES string of the molecule is COCCOCC(=O)NCCNC(=O)c1ccccc1OC. The number of benzene rings is 1. The number of rotatable bonds is 10. The van der Waals surface area contributed by atoms with Crippen molar-refractivity contribution in [3.8, 4) is 5.75 Å². The monoisotopic (exact) mass is 310 g/mol. The normalized spacial score (nSPS) is 10.1. The molecule has 0 aliphatic carbocycles. The maximum atomic E-state index is 12.0. The molecule has 0 aliphatic rings. The molecule has 122 valence electrons. The van der Waals surface area contributed by atoms with Crippen molar-refractivity contribution in [2.45, 2.75) is 0 Å². The van der Waals surface area contributed by atoms with Crippen molar-refractivity contribution in [1.82, 2.24) is 10.6 Å². The van der Waals surface area contributed by atoms with Crippen LogP contribution in [0.3, 0.4) is 0 Å². The van der Waals surface area contributed by atoms with E-state index < -0.39 is 0 Å². The lowest BCUT2D eigenvalue weighted by Crippen LogP contribution is -2.36. The van der Waals surface area contributed by atoms with Crippen LogP contribution in [0, 0.1) is 0 Å². The first kappa shape index (κ1) is 17.9. The molecule has 2 N–H and O–H groups in total. The molecule has 0 aliphatic heterocycles. The lowest BCUT2D eigenvalue weighted by molar-refractivity contribution is -0.126. The summed E-state index contributed by atoms with van der Waals surface area (Å²) in [5.74, 6) is 0.0289. The molecule has 0 atom stereocenters. The van der Waals surface area contributed by atoms with Gasteiger partial charge < -0.3 is 24.8 Å². The summed E-state index contributed by atoms with van der Waals surface area (Å²) in [4.78, 5) is 23.4. The molecule has 2 amide bonds. The van der Waals surface area contributed by atoms with E-state index in [9.17, 15) is 9.59 Å². The fraction of sp³-hybridized carbons (Fsp3) is 0.467. The molecular weight excluding hydrogens is 288 g/mol. The van der Waals surface area contributed by atoms with Crippen LogP contribution in [0.5, 0.6) is 5.75 Å². The van der Waals surface area contributed by atoms with E-state index in [4.69, 9.17) is 14.2 Å². The molecule has 7 nitrogen and oxygen atoms in total. The van der Waals surface area contributed by atoms with Crippen molar-refractivity contribution >= 4 is 11.8 Å². The second-order valence-corrected chi connectivity index (χ2v) is 4.35. The maximum absolute atomic E-state index is 12.0. The predicted molar refractivity (Wildman–Crippen MR) is 81.0 cm³/mol. The second-order valence-electron chi connectivity index (χ2n) is 4.35. The molecule has 0 unspecified atom stereocenters. The Balaban J connectivity index is 2.21. The number of carbonyl (C=O) groups is 2. The van der Waals surface area contributed by atoms with Gasteiger partial charge in [0.15, 0.2) is 0 Å². The van der Waals surface area contributed by atoms with Crippen molar-refractivity contribution in [2.75, 3.05) is 47.1 Å². The summed E-state index contributed by atoms with van der Waals surface area (Å²) >= 11 is 0. The number of hydrogen-bond donors (Lipinski definition) is 2. The van der Waals surface area contributed by atoms with Crippen LogP contribution in [-0.2, 0) is 14.3 Å². The first-order valence-electron chi connectivity index (χ1n) is 6.93. The number of hydrogen-bond acceptors (Lipinski definition) is 5. The molecule has 7 heteroatoms. The fourth-order valence-corrected chi connectivity index (χ4v) is 1.66. The van der Waals surface area contributed by atoms with Crippen molar-refractivity contribution in [3.05, 3.63) is 29.8 Å². The molecule has 1 rings (SSSR count). The molecule has 1 aromatic carbocycles. The highest BCUT2D eigenvalue weighted by Gasteiger charge is 2.10. The maximum Gasteiger partial charge on any atom is 0.255 e. The Labute approximate surface area is 129 Å². The van der Waals surface area contributed by atoms with Gasteiger partial charge in [0.2, 0.25) is 5.91 Å². The minimum absolute atomic E-state index is 0.0240. The predicted octanol–water partition coefficient (Wildman–Crippen LogP) is 0.204. The van der Waals surface area contributed by atoms with E-state index in [2.05, 4.69) is 10.6 Å². The van der Waals surface area contributed by atoms with Crippen LogP contribution in [0.15, 0.2) is 24.3 Å². The Morgan fingerprint density at radius 2 is 1.77 bits per heavy atom. The Hall–Kier alpha value is -2.12. The summed E-state index contributed by atoms with van der Waals surface area (Å²) in [6.07, 6.45) is 0. The highest BCUT2D eigenvalue weighted by Crippen LogP contribution is 2.16. The number of methoxy groups -OCH3 is 2. The zero-order chi connectivity index (χ0) is 16.2. The topological polar surface area (TPSA) is 85.9 Å². The summed E-state index contributed by atoms with van der Waals surface area (Å²) in [7, 11) is 3.07. The van der Waals surface area contributed by atoms with E-state index in [1.807, 2.05) is 0 Å². The Morgan fingerprint density at radius 1 is 1.05 bits per heavy atom. The van der Waals surface area contributed by atoms with E-state index in [1.165, 1.54) is 7.11 Å². The molecule has 0 radical (unpaired) electrons. The van der Waals surface area contributed by atoms with Gasteiger partial charge in [-0.05, 0) is 12.1 Å². The van der Waals surface area contributed by atoms with Gasteiger partial charge in [0, 0.05) is 20.2 Å². The Bertz CT molecular complexity index is 479. The lowest BCUT2D eigenvalue weighted by Gasteiger charge is -2.10. The number of ether oxygens (including phenoxy) is 3. The Morgan fingerprint density at radius 3 is 2.50 bits per heavy atom. The third-order valence-corrected chi connectivity index (χ3v) is 2.75. The molecule has 22 heavy (non-hydrogen) atoms. The first-order valence-corrected chi connectivity index (χ1v) is 6.93. The minimum atomic E-state index is -0.247. The molecule has 0 aromatic heterocycles. The summed E-state index contributed by atoms with van der Waals surface area (Å²) in [5, 5.41) is 5.36. The van der Waals surface area contributed by atoms with Crippen LogP contribution in [0.25, 0.3) is 0 Å².